The van der Waals surface area contributed by atoms with Gasteiger partial charge in [0, 0.05) is 12.7 Å². The predicted octanol–water partition coefficient (Wildman–Crippen LogP) is 0.475. The van der Waals surface area contributed by atoms with Gasteiger partial charge >= 0.3 is 0 Å². The molecule has 0 radical (unpaired) electrons. The number of carbonyl (C=O) groups excluding carboxylic acids is 1. The van der Waals surface area contributed by atoms with Gasteiger partial charge in [0.05, 0.1) is 12.1 Å². The van der Waals surface area contributed by atoms with E-state index in [9.17, 15) is 4.79 Å². The average molecular weight is 196 g/mol. The van der Waals surface area contributed by atoms with Gasteiger partial charge in [0.15, 0.2) is 5.78 Å². The zero-order chi connectivity index (χ0) is 10.7. The molecule has 0 aliphatic rings. The van der Waals surface area contributed by atoms with E-state index in [2.05, 4.69) is 5.10 Å². The number of aliphatic hydroxyl groups is 1. The summed E-state index contributed by atoms with van der Waals surface area (Å²) in [6.45, 7) is 3.50. The van der Waals surface area contributed by atoms with Crippen molar-refractivity contribution >= 4 is 5.78 Å². The van der Waals surface area contributed by atoms with Crippen LogP contribution in [0.3, 0.4) is 0 Å². The summed E-state index contributed by atoms with van der Waals surface area (Å²) in [6, 6.07) is 1.90. The molecular weight excluding hydrogens is 180 g/mol. The standard InChI is InChI=1S/C10H16N2O2/c1-4-8-5-9(12(3)11-8)6-10(14)7(2)13/h5,7,13H,4,6H2,1-3H3. The Morgan fingerprint density at radius 1 is 1.71 bits per heavy atom. The third-order valence-corrected chi connectivity index (χ3v) is 2.21. The zero-order valence-electron chi connectivity index (χ0n) is 8.82. The monoisotopic (exact) mass is 196 g/mol. The van der Waals surface area contributed by atoms with Crippen molar-refractivity contribution in [2.75, 3.05) is 0 Å². The van der Waals surface area contributed by atoms with Crippen LogP contribution < -0.4 is 0 Å². The van der Waals surface area contributed by atoms with E-state index in [1.807, 2.05) is 20.0 Å². The quantitative estimate of drug-likeness (QED) is 0.761. The number of aromatic nitrogens is 2. The normalized spacial score (nSPS) is 12.9. The molecule has 0 aromatic carbocycles. The highest BCUT2D eigenvalue weighted by Crippen LogP contribution is 2.06. The minimum atomic E-state index is -0.894. The molecule has 0 aliphatic heterocycles. The van der Waals surface area contributed by atoms with Crippen LogP contribution in [0.25, 0.3) is 0 Å². The maximum absolute atomic E-state index is 11.3. The van der Waals surface area contributed by atoms with Crippen molar-refractivity contribution in [3.05, 3.63) is 17.5 Å². The number of aryl methyl sites for hydroxylation is 2. The van der Waals surface area contributed by atoms with E-state index in [1.54, 1.807) is 4.68 Å². The van der Waals surface area contributed by atoms with Gasteiger partial charge in [-0.15, -0.1) is 0 Å². The summed E-state index contributed by atoms with van der Waals surface area (Å²) in [5.74, 6) is -0.171. The minimum absolute atomic E-state index is 0.171. The highest BCUT2D eigenvalue weighted by atomic mass is 16.3. The molecule has 0 fully saturated rings. The Hall–Kier alpha value is -1.16. The number of aliphatic hydroxyl groups excluding tert-OH is 1. The highest BCUT2D eigenvalue weighted by Gasteiger charge is 2.13. The first kappa shape index (κ1) is 10.9. The van der Waals surface area contributed by atoms with Gasteiger partial charge in [0.2, 0.25) is 0 Å². The second-order valence-electron chi connectivity index (χ2n) is 3.42. The molecule has 1 heterocycles. The summed E-state index contributed by atoms with van der Waals surface area (Å²) in [5, 5.41) is 13.3. The SMILES string of the molecule is CCc1cc(CC(=O)C(C)O)n(C)n1. The van der Waals surface area contributed by atoms with E-state index in [-0.39, 0.29) is 12.2 Å². The molecule has 1 rings (SSSR count). The van der Waals surface area contributed by atoms with E-state index in [0.717, 1.165) is 17.8 Å². The lowest BCUT2D eigenvalue weighted by Gasteiger charge is -2.02. The Labute approximate surface area is 83.5 Å². The lowest BCUT2D eigenvalue weighted by molar-refractivity contribution is -0.125. The van der Waals surface area contributed by atoms with Crippen LogP contribution in [0.5, 0.6) is 0 Å². The van der Waals surface area contributed by atoms with Crippen molar-refractivity contribution < 1.29 is 9.90 Å². The van der Waals surface area contributed by atoms with Gasteiger partial charge in [-0.3, -0.25) is 9.48 Å². The summed E-state index contributed by atoms with van der Waals surface area (Å²) in [5.41, 5.74) is 1.83. The van der Waals surface area contributed by atoms with Gasteiger partial charge in [-0.05, 0) is 19.4 Å². The first-order valence-electron chi connectivity index (χ1n) is 4.77. The van der Waals surface area contributed by atoms with Crippen LogP contribution in [0.15, 0.2) is 6.07 Å². The molecule has 1 unspecified atom stereocenters. The van der Waals surface area contributed by atoms with E-state index in [1.165, 1.54) is 6.92 Å². The molecule has 1 aromatic heterocycles. The van der Waals surface area contributed by atoms with Crippen LogP contribution in [0, 0.1) is 0 Å². The number of ketones is 1. The fourth-order valence-corrected chi connectivity index (χ4v) is 1.24. The minimum Gasteiger partial charge on any atom is -0.386 e. The number of hydrogen-bond donors (Lipinski definition) is 1. The van der Waals surface area contributed by atoms with Crippen LogP contribution in [0.1, 0.15) is 25.2 Å². The molecule has 1 aromatic rings. The first-order chi connectivity index (χ1) is 6.54. The summed E-state index contributed by atoms with van der Waals surface area (Å²) in [4.78, 5) is 11.3. The molecule has 0 saturated heterocycles. The third-order valence-electron chi connectivity index (χ3n) is 2.21. The Morgan fingerprint density at radius 3 is 2.79 bits per heavy atom. The van der Waals surface area contributed by atoms with Crippen LogP contribution in [-0.4, -0.2) is 26.8 Å². The Balaban J connectivity index is 2.76. The Bertz CT molecular complexity index is 329. The predicted molar refractivity (Wildman–Crippen MR) is 53.0 cm³/mol. The molecule has 0 aliphatic carbocycles. The molecule has 78 valence electrons. The molecule has 0 spiro atoms. The van der Waals surface area contributed by atoms with Crippen LogP contribution in [0.2, 0.25) is 0 Å². The second-order valence-corrected chi connectivity index (χ2v) is 3.42. The Kier molecular flexibility index (Phi) is 3.41. The van der Waals surface area contributed by atoms with E-state index < -0.39 is 6.10 Å². The van der Waals surface area contributed by atoms with Crippen molar-refractivity contribution in [2.45, 2.75) is 32.8 Å². The maximum atomic E-state index is 11.3. The van der Waals surface area contributed by atoms with Gasteiger partial charge in [-0.25, -0.2) is 0 Å². The molecule has 0 amide bonds. The summed E-state index contributed by atoms with van der Waals surface area (Å²) in [7, 11) is 1.81. The fraction of sp³-hybridized carbons (Fsp3) is 0.600. The van der Waals surface area contributed by atoms with Gasteiger partial charge in [-0.2, -0.15) is 5.10 Å². The smallest absolute Gasteiger partial charge is 0.166 e. The van der Waals surface area contributed by atoms with E-state index in [0.29, 0.717) is 0 Å². The Morgan fingerprint density at radius 2 is 2.36 bits per heavy atom. The average Bonchev–Trinajstić information content (AvgIpc) is 2.47. The molecular formula is C10H16N2O2. The third kappa shape index (κ3) is 2.42. The zero-order valence-corrected chi connectivity index (χ0v) is 8.82. The maximum Gasteiger partial charge on any atom is 0.166 e. The lowest BCUT2D eigenvalue weighted by Crippen LogP contribution is -2.19. The number of rotatable bonds is 4. The topological polar surface area (TPSA) is 55.1 Å². The number of carbonyl (C=O) groups is 1. The van der Waals surface area contributed by atoms with Crippen LogP contribution in [0.4, 0.5) is 0 Å². The summed E-state index contributed by atoms with van der Waals surface area (Å²) in [6.07, 6.45) is 0.215. The summed E-state index contributed by atoms with van der Waals surface area (Å²) < 4.78 is 1.69. The highest BCUT2D eigenvalue weighted by molar-refractivity contribution is 5.84. The van der Waals surface area contributed by atoms with Gasteiger partial charge in [0.1, 0.15) is 6.10 Å². The second kappa shape index (κ2) is 4.37. The number of nitrogens with zero attached hydrogens (tertiary/aromatic N) is 2. The molecule has 0 bridgehead atoms. The fourth-order valence-electron chi connectivity index (χ4n) is 1.24. The summed E-state index contributed by atoms with van der Waals surface area (Å²) >= 11 is 0. The molecule has 1 atom stereocenters. The van der Waals surface area contributed by atoms with E-state index in [4.69, 9.17) is 5.11 Å². The van der Waals surface area contributed by atoms with Gasteiger partial charge in [-0.1, -0.05) is 6.92 Å². The molecule has 4 nitrogen and oxygen atoms in total. The van der Waals surface area contributed by atoms with Crippen molar-refractivity contribution in [1.29, 1.82) is 0 Å². The molecule has 4 heteroatoms. The molecule has 1 N–H and O–H groups in total. The first-order valence-corrected chi connectivity index (χ1v) is 4.77. The van der Waals surface area contributed by atoms with Crippen molar-refractivity contribution in [2.24, 2.45) is 7.05 Å². The van der Waals surface area contributed by atoms with E-state index >= 15 is 0 Å². The van der Waals surface area contributed by atoms with Crippen molar-refractivity contribution in [3.8, 4) is 0 Å². The van der Waals surface area contributed by atoms with Crippen molar-refractivity contribution in [1.82, 2.24) is 9.78 Å². The number of hydrogen-bond acceptors (Lipinski definition) is 3. The van der Waals surface area contributed by atoms with Crippen molar-refractivity contribution in [3.63, 3.8) is 0 Å². The van der Waals surface area contributed by atoms with Gasteiger partial charge in [0.25, 0.3) is 0 Å². The molecule has 14 heavy (non-hydrogen) atoms. The van der Waals surface area contributed by atoms with Crippen LogP contribution in [-0.2, 0) is 24.7 Å². The lowest BCUT2D eigenvalue weighted by atomic mass is 10.1. The van der Waals surface area contributed by atoms with Crippen LogP contribution >= 0.6 is 0 Å². The molecule has 0 saturated carbocycles. The largest absolute Gasteiger partial charge is 0.386 e. The van der Waals surface area contributed by atoms with Gasteiger partial charge < -0.3 is 5.11 Å². The number of Topliss-reactive ketones (excluding diaryl/α,β-unsaturated/α-hetero) is 1.